The fourth-order valence-electron chi connectivity index (χ4n) is 3.24. The number of methoxy groups -OCH3 is 1. The third kappa shape index (κ3) is 2.79. The van der Waals surface area contributed by atoms with Crippen molar-refractivity contribution < 1.29 is 14.3 Å². The van der Waals surface area contributed by atoms with Crippen LogP contribution < -0.4 is 0 Å². The summed E-state index contributed by atoms with van der Waals surface area (Å²) < 4.78 is 6.65. The van der Waals surface area contributed by atoms with Gasteiger partial charge in [0.15, 0.2) is 5.82 Å². The summed E-state index contributed by atoms with van der Waals surface area (Å²) in [6.07, 6.45) is 2.31. The van der Waals surface area contributed by atoms with Crippen molar-refractivity contribution >= 4 is 11.9 Å². The lowest BCUT2D eigenvalue weighted by Crippen LogP contribution is -2.41. The SMILES string of the molecule is COC(=O)c1cccc(C(=O)N2CCn3nc(C4CC4)nc3[C@H]2C)c1. The van der Waals surface area contributed by atoms with E-state index in [1.807, 2.05) is 11.6 Å². The van der Waals surface area contributed by atoms with Crippen LogP contribution in [0.15, 0.2) is 24.3 Å². The number of rotatable bonds is 3. The van der Waals surface area contributed by atoms with Crippen molar-refractivity contribution in [2.24, 2.45) is 0 Å². The largest absolute Gasteiger partial charge is 0.465 e. The molecule has 1 atom stereocenters. The Morgan fingerprint density at radius 2 is 1.96 bits per heavy atom. The highest BCUT2D eigenvalue weighted by atomic mass is 16.5. The van der Waals surface area contributed by atoms with Gasteiger partial charge < -0.3 is 9.64 Å². The van der Waals surface area contributed by atoms with Crippen LogP contribution in [0.3, 0.4) is 0 Å². The minimum atomic E-state index is -0.449. The number of fused-ring (bicyclic) bond motifs is 1. The number of carbonyl (C=O) groups excluding carboxylic acids is 2. The number of aromatic nitrogens is 3. The Labute approximate surface area is 145 Å². The van der Waals surface area contributed by atoms with Crippen molar-refractivity contribution in [3.63, 3.8) is 0 Å². The molecule has 1 aliphatic carbocycles. The predicted octanol–water partition coefficient (Wildman–Crippen LogP) is 2.16. The molecule has 0 spiro atoms. The van der Waals surface area contributed by atoms with E-state index in [0.717, 1.165) is 24.5 Å². The van der Waals surface area contributed by atoms with Gasteiger partial charge in [-0.1, -0.05) is 6.07 Å². The van der Waals surface area contributed by atoms with Crippen molar-refractivity contribution in [3.05, 3.63) is 47.0 Å². The van der Waals surface area contributed by atoms with Crippen LogP contribution in [0.1, 0.15) is 64.1 Å². The topological polar surface area (TPSA) is 77.3 Å². The van der Waals surface area contributed by atoms with Crippen molar-refractivity contribution in [2.75, 3.05) is 13.7 Å². The minimum Gasteiger partial charge on any atom is -0.465 e. The highest BCUT2D eigenvalue weighted by Crippen LogP contribution is 2.39. The summed E-state index contributed by atoms with van der Waals surface area (Å²) in [6.45, 7) is 3.18. The van der Waals surface area contributed by atoms with E-state index in [-0.39, 0.29) is 11.9 Å². The number of nitrogens with zero attached hydrogens (tertiary/aromatic N) is 4. The molecule has 1 amide bonds. The number of benzene rings is 1. The fraction of sp³-hybridized carbons (Fsp3) is 0.444. The third-order valence-corrected chi connectivity index (χ3v) is 4.84. The normalized spacial score (nSPS) is 19.4. The van der Waals surface area contributed by atoms with Gasteiger partial charge in [-0.15, -0.1) is 0 Å². The smallest absolute Gasteiger partial charge is 0.337 e. The van der Waals surface area contributed by atoms with E-state index in [1.54, 1.807) is 29.2 Å². The van der Waals surface area contributed by atoms with Gasteiger partial charge in [0.2, 0.25) is 0 Å². The molecule has 7 heteroatoms. The summed E-state index contributed by atoms with van der Waals surface area (Å²) in [5.74, 6) is 1.68. The van der Waals surface area contributed by atoms with Crippen molar-refractivity contribution in [2.45, 2.75) is 38.3 Å². The molecule has 0 saturated heterocycles. The molecule has 2 aromatic rings. The number of amides is 1. The lowest BCUT2D eigenvalue weighted by molar-refractivity contribution is 0.0600. The van der Waals surface area contributed by atoms with E-state index >= 15 is 0 Å². The standard InChI is InChI=1S/C18H20N4O3/c1-11-16-19-15(12-6-7-12)20-22(16)9-8-21(11)17(23)13-4-3-5-14(10-13)18(24)25-2/h3-5,10-12H,6-9H2,1-2H3/t11-/m1/s1. The monoisotopic (exact) mass is 340 g/mol. The van der Waals surface area contributed by atoms with Crippen LogP contribution in [-0.4, -0.2) is 45.2 Å². The van der Waals surface area contributed by atoms with Crippen LogP contribution >= 0.6 is 0 Å². The van der Waals surface area contributed by atoms with Gasteiger partial charge in [0, 0.05) is 18.0 Å². The van der Waals surface area contributed by atoms with Gasteiger partial charge in [-0.3, -0.25) is 4.79 Å². The zero-order valence-electron chi connectivity index (χ0n) is 14.3. The van der Waals surface area contributed by atoms with Gasteiger partial charge in [0.25, 0.3) is 5.91 Å². The molecule has 25 heavy (non-hydrogen) atoms. The van der Waals surface area contributed by atoms with E-state index in [4.69, 9.17) is 4.74 Å². The molecule has 1 aromatic carbocycles. The quantitative estimate of drug-likeness (QED) is 0.800. The molecule has 1 fully saturated rings. The molecule has 130 valence electrons. The van der Waals surface area contributed by atoms with Gasteiger partial charge >= 0.3 is 5.97 Å². The van der Waals surface area contributed by atoms with Crippen LogP contribution in [0.25, 0.3) is 0 Å². The maximum Gasteiger partial charge on any atom is 0.337 e. The lowest BCUT2D eigenvalue weighted by atomic mass is 10.1. The second-order valence-corrected chi connectivity index (χ2v) is 6.57. The highest BCUT2D eigenvalue weighted by Gasteiger charge is 2.35. The Kier molecular flexibility index (Phi) is 3.78. The number of hydrogen-bond acceptors (Lipinski definition) is 5. The number of carbonyl (C=O) groups is 2. The molecule has 1 aromatic heterocycles. The summed E-state index contributed by atoms with van der Waals surface area (Å²) in [5, 5.41) is 4.58. The Morgan fingerprint density at radius 1 is 1.20 bits per heavy atom. The Balaban J connectivity index is 1.59. The second kappa shape index (κ2) is 5.98. The van der Waals surface area contributed by atoms with Gasteiger partial charge in [-0.05, 0) is 38.0 Å². The second-order valence-electron chi connectivity index (χ2n) is 6.57. The zero-order chi connectivity index (χ0) is 17.6. The first kappa shape index (κ1) is 15.8. The zero-order valence-corrected chi connectivity index (χ0v) is 14.3. The summed E-state index contributed by atoms with van der Waals surface area (Å²) in [7, 11) is 1.33. The molecule has 7 nitrogen and oxygen atoms in total. The molecule has 0 unspecified atom stereocenters. The summed E-state index contributed by atoms with van der Waals surface area (Å²) in [6, 6.07) is 6.48. The molecular weight excluding hydrogens is 320 g/mol. The average molecular weight is 340 g/mol. The molecule has 0 radical (unpaired) electrons. The lowest BCUT2D eigenvalue weighted by Gasteiger charge is -2.33. The van der Waals surface area contributed by atoms with Crippen LogP contribution in [0.5, 0.6) is 0 Å². The number of hydrogen-bond donors (Lipinski definition) is 0. The highest BCUT2D eigenvalue weighted by molar-refractivity contribution is 5.98. The van der Waals surface area contributed by atoms with Crippen LogP contribution in [0, 0.1) is 0 Å². The minimum absolute atomic E-state index is 0.111. The maximum atomic E-state index is 13.0. The van der Waals surface area contributed by atoms with Crippen molar-refractivity contribution in [1.29, 1.82) is 0 Å². The first-order chi connectivity index (χ1) is 12.1. The van der Waals surface area contributed by atoms with E-state index in [1.165, 1.54) is 7.11 Å². The van der Waals surface area contributed by atoms with E-state index < -0.39 is 5.97 Å². The van der Waals surface area contributed by atoms with Gasteiger partial charge in [-0.2, -0.15) is 5.10 Å². The van der Waals surface area contributed by atoms with Gasteiger partial charge in [-0.25, -0.2) is 14.5 Å². The Morgan fingerprint density at radius 3 is 2.68 bits per heavy atom. The molecular formula is C18H20N4O3. The molecule has 0 N–H and O–H groups in total. The van der Waals surface area contributed by atoms with Crippen LogP contribution in [0.2, 0.25) is 0 Å². The molecule has 0 bridgehead atoms. The Bertz CT molecular complexity index is 841. The summed E-state index contributed by atoms with van der Waals surface area (Å²) >= 11 is 0. The van der Waals surface area contributed by atoms with Crippen LogP contribution in [-0.2, 0) is 11.3 Å². The molecule has 4 rings (SSSR count). The third-order valence-electron chi connectivity index (χ3n) is 4.84. The van der Waals surface area contributed by atoms with Gasteiger partial charge in [0.05, 0.1) is 25.3 Å². The molecule has 2 heterocycles. The number of ether oxygens (including phenoxy) is 1. The first-order valence-electron chi connectivity index (χ1n) is 8.52. The number of esters is 1. The molecule has 1 aliphatic heterocycles. The van der Waals surface area contributed by atoms with Gasteiger partial charge in [0.1, 0.15) is 5.82 Å². The molecule has 1 saturated carbocycles. The van der Waals surface area contributed by atoms with E-state index in [9.17, 15) is 9.59 Å². The predicted molar refractivity (Wildman–Crippen MR) is 89.2 cm³/mol. The van der Waals surface area contributed by atoms with Crippen LogP contribution in [0.4, 0.5) is 0 Å². The van der Waals surface area contributed by atoms with Crippen molar-refractivity contribution in [1.82, 2.24) is 19.7 Å². The maximum absolute atomic E-state index is 13.0. The van der Waals surface area contributed by atoms with E-state index in [0.29, 0.717) is 30.1 Å². The Hall–Kier alpha value is -2.70. The average Bonchev–Trinajstić information content (AvgIpc) is 3.40. The van der Waals surface area contributed by atoms with E-state index in [2.05, 4.69) is 10.1 Å². The summed E-state index contributed by atoms with van der Waals surface area (Å²) in [5.41, 5.74) is 0.849. The first-order valence-corrected chi connectivity index (χ1v) is 8.52. The molecule has 2 aliphatic rings. The van der Waals surface area contributed by atoms with Crippen molar-refractivity contribution in [3.8, 4) is 0 Å². The summed E-state index contributed by atoms with van der Waals surface area (Å²) in [4.78, 5) is 31.1. The fourth-order valence-corrected chi connectivity index (χ4v) is 3.24.